The van der Waals surface area contributed by atoms with E-state index in [2.05, 4.69) is 5.32 Å². The third kappa shape index (κ3) is 3.99. The molecule has 0 aliphatic carbocycles. The lowest BCUT2D eigenvalue weighted by Gasteiger charge is -2.26. The van der Waals surface area contributed by atoms with Gasteiger partial charge in [-0.1, -0.05) is 42.0 Å². The second-order valence-electron chi connectivity index (χ2n) is 6.02. The number of hydrogen-bond acceptors (Lipinski definition) is 5. The number of ketones is 1. The molecule has 0 fully saturated rings. The number of hydrogen-bond donors (Lipinski definition) is 1. The van der Waals surface area contributed by atoms with E-state index in [1.54, 1.807) is 24.9 Å². The molecule has 0 aromatic heterocycles. The van der Waals surface area contributed by atoms with E-state index in [-0.39, 0.29) is 23.5 Å². The fraction of sp³-hybridized carbons (Fsp3) is 0.238. The number of carbonyl (C=O) groups is 2. The van der Waals surface area contributed by atoms with Crippen molar-refractivity contribution in [1.29, 1.82) is 0 Å². The lowest BCUT2D eigenvalue weighted by Crippen LogP contribution is -2.24. The van der Waals surface area contributed by atoms with E-state index < -0.39 is 0 Å². The summed E-state index contributed by atoms with van der Waals surface area (Å²) in [5.74, 6) is -0.347. The fourth-order valence-electron chi connectivity index (χ4n) is 2.86. The second-order valence-corrected chi connectivity index (χ2v) is 7.17. The molecule has 134 valence electrons. The number of nitrogens with one attached hydrogen (secondary N) is 1. The topological polar surface area (TPSA) is 55.4 Å². The van der Waals surface area contributed by atoms with Crippen LogP contribution in [0.3, 0.4) is 0 Å². The van der Waals surface area contributed by atoms with Gasteiger partial charge in [0.05, 0.1) is 11.9 Å². The molecule has 5 heteroatoms. The highest BCUT2D eigenvalue weighted by Crippen LogP contribution is 2.47. The monoisotopic (exact) mass is 367 g/mol. The molecule has 0 spiro atoms. The summed E-state index contributed by atoms with van der Waals surface area (Å²) in [5, 5.41) is 2.83. The van der Waals surface area contributed by atoms with Gasteiger partial charge in [0, 0.05) is 22.2 Å². The first-order valence-electron chi connectivity index (χ1n) is 8.56. The Hall–Kier alpha value is -2.53. The zero-order valence-corrected chi connectivity index (χ0v) is 15.6. The molecule has 26 heavy (non-hydrogen) atoms. The van der Waals surface area contributed by atoms with Crippen LogP contribution in [0.15, 0.2) is 65.2 Å². The molecule has 2 aromatic carbocycles. The van der Waals surface area contributed by atoms with E-state index >= 15 is 0 Å². The number of thioether (sulfide) groups is 1. The summed E-state index contributed by atoms with van der Waals surface area (Å²) in [7, 11) is 0. The van der Waals surface area contributed by atoms with Crippen LogP contribution in [-0.2, 0) is 9.53 Å². The van der Waals surface area contributed by atoms with Gasteiger partial charge in [-0.25, -0.2) is 0 Å². The maximum Gasteiger partial charge on any atom is 0.325 e. The Bertz CT molecular complexity index is 846. The summed E-state index contributed by atoms with van der Waals surface area (Å²) < 4.78 is 4.92. The van der Waals surface area contributed by atoms with E-state index in [1.807, 2.05) is 55.5 Å². The number of benzene rings is 2. The molecule has 0 radical (unpaired) electrons. The van der Waals surface area contributed by atoms with Gasteiger partial charge in [-0.05, 0) is 31.5 Å². The third-order valence-electron chi connectivity index (χ3n) is 4.08. The highest BCUT2D eigenvalue weighted by molar-refractivity contribution is 8.00. The van der Waals surface area contributed by atoms with Crippen LogP contribution in [0.5, 0.6) is 0 Å². The molecule has 2 aromatic rings. The Balaban J connectivity index is 1.94. The van der Waals surface area contributed by atoms with E-state index in [1.165, 1.54) is 0 Å². The van der Waals surface area contributed by atoms with Gasteiger partial charge in [0.2, 0.25) is 0 Å². The standard InChI is InChI=1S/C21H21NO3S/c1-3-25-19(23)13-22-12-17-20(24)16-11-14(2)9-10-18(16)26-21(17)15-7-5-4-6-8-15/h4-12,21-22H,3,13H2,1-2H3. The van der Waals surface area contributed by atoms with Gasteiger partial charge >= 0.3 is 5.97 Å². The number of Topliss-reactive ketones (excluding diaryl/α,β-unsaturated/α-hetero) is 1. The van der Waals surface area contributed by atoms with Crippen LogP contribution in [0.25, 0.3) is 0 Å². The molecular weight excluding hydrogens is 346 g/mol. The molecule has 1 aliphatic heterocycles. The average molecular weight is 367 g/mol. The SMILES string of the molecule is CCOC(=O)CNC=C1C(=O)c2cc(C)ccc2SC1c1ccccc1. The molecular formula is C21H21NO3S. The van der Waals surface area contributed by atoms with Gasteiger partial charge in [-0.3, -0.25) is 9.59 Å². The number of fused-ring (bicyclic) bond motifs is 1. The third-order valence-corrected chi connectivity index (χ3v) is 5.45. The lowest BCUT2D eigenvalue weighted by molar-refractivity contribution is -0.141. The highest BCUT2D eigenvalue weighted by Gasteiger charge is 2.32. The molecule has 4 nitrogen and oxygen atoms in total. The van der Waals surface area contributed by atoms with E-state index in [9.17, 15) is 9.59 Å². The van der Waals surface area contributed by atoms with Crippen molar-refractivity contribution in [3.63, 3.8) is 0 Å². The van der Waals surface area contributed by atoms with Crippen LogP contribution < -0.4 is 5.32 Å². The minimum absolute atomic E-state index is 0.00679. The molecule has 3 rings (SSSR count). The van der Waals surface area contributed by atoms with Crippen LogP contribution in [0.2, 0.25) is 0 Å². The normalized spacial score (nSPS) is 17.7. The summed E-state index contributed by atoms with van der Waals surface area (Å²) in [4.78, 5) is 25.7. The van der Waals surface area contributed by atoms with Gasteiger partial charge in [0.25, 0.3) is 0 Å². The molecule has 0 amide bonds. The first-order valence-corrected chi connectivity index (χ1v) is 9.44. The smallest absolute Gasteiger partial charge is 0.325 e. The molecule has 0 saturated heterocycles. The lowest BCUT2D eigenvalue weighted by atomic mass is 9.95. The second kappa shape index (κ2) is 8.23. The predicted octanol–water partition coefficient (Wildman–Crippen LogP) is 4.06. The summed E-state index contributed by atoms with van der Waals surface area (Å²) in [6.45, 7) is 4.12. The molecule has 0 saturated carbocycles. The van der Waals surface area contributed by atoms with Crippen LogP contribution >= 0.6 is 11.8 Å². The molecule has 1 heterocycles. The number of carbonyl (C=O) groups excluding carboxylic acids is 2. The van der Waals surface area contributed by atoms with Crippen molar-refractivity contribution in [1.82, 2.24) is 5.32 Å². The van der Waals surface area contributed by atoms with Crippen molar-refractivity contribution in [3.05, 3.63) is 77.0 Å². The Labute approximate surface area is 157 Å². The Kier molecular flexibility index (Phi) is 5.78. The van der Waals surface area contributed by atoms with E-state index in [4.69, 9.17) is 4.74 Å². The number of rotatable bonds is 5. The number of esters is 1. The van der Waals surface area contributed by atoms with Crippen LogP contribution in [0, 0.1) is 6.92 Å². The highest BCUT2D eigenvalue weighted by atomic mass is 32.2. The number of aryl methyl sites for hydroxylation is 1. The summed E-state index contributed by atoms with van der Waals surface area (Å²) in [6, 6.07) is 15.9. The maximum atomic E-state index is 13.1. The van der Waals surface area contributed by atoms with Gasteiger partial charge in [0.15, 0.2) is 5.78 Å². The quantitative estimate of drug-likeness (QED) is 0.638. The van der Waals surface area contributed by atoms with Crippen molar-refractivity contribution >= 4 is 23.5 Å². The van der Waals surface area contributed by atoms with Crippen molar-refractivity contribution < 1.29 is 14.3 Å². The van der Waals surface area contributed by atoms with Crippen molar-refractivity contribution in [2.45, 2.75) is 24.0 Å². The Morgan fingerprint density at radius 1 is 1.23 bits per heavy atom. The molecule has 1 atom stereocenters. The molecule has 1 unspecified atom stereocenters. The average Bonchev–Trinajstić information content (AvgIpc) is 2.65. The van der Waals surface area contributed by atoms with E-state index in [0.29, 0.717) is 17.7 Å². The molecule has 0 bridgehead atoms. The van der Waals surface area contributed by atoms with E-state index in [0.717, 1.165) is 16.0 Å². The number of ether oxygens (including phenoxy) is 1. The molecule has 1 aliphatic rings. The van der Waals surface area contributed by atoms with Crippen molar-refractivity contribution in [2.24, 2.45) is 0 Å². The van der Waals surface area contributed by atoms with Crippen LogP contribution in [0.1, 0.15) is 33.7 Å². The molecule has 1 N–H and O–H groups in total. The van der Waals surface area contributed by atoms with Gasteiger partial charge in [-0.2, -0.15) is 0 Å². The van der Waals surface area contributed by atoms with Crippen molar-refractivity contribution in [2.75, 3.05) is 13.2 Å². The first-order chi connectivity index (χ1) is 12.6. The predicted molar refractivity (Wildman–Crippen MR) is 103 cm³/mol. The van der Waals surface area contributed by atoms with Gasteiger partial charge in [-0.15, -0.1) is 11.8 Å². The first kappa shape index (κ1) is 18.3. The zero-order valence-electron chi connectivity index (χ0n) is 14.8. The summed E-state index contributed by atoms with van der Waals surface area (Å²) in [6.07, 6.45) is 1.66. The maximum absolute atomic E-state index is 13.1. The van der Waals surface area contributed by atoms with Crippen LogP contribution in [-0.4, -0.2) is 24.9 Å². The Morgan fingerprint density at radius 2 is 2.00 bits per heavy atom. The zero-order chi connectivity index (χ0) is 18.5. The largest absolute Gasteiger partial charge is 0.465 e. The minimum atomic E-state index is -0.340. The fourth-order valence-corrected chi connectivity index (χ4v) is 4.14. The van der Waals surface area contributed by atoms with Crippen molar-refractivity contribution in [3.8, 4) is 0 Å². The Morgan fingerprint density at radius 3 is 2.73 bits per heavy atom. The minimum Gasteiger partial charge on any atom is -0.465 e. The van der Waals surface area contributed by atoms with Crippen LogP contribution in [0.4, 0.5) is 0 Å². The van der Waals surface area contributed by atoms with Gasteiger partial charge in [0.1, 0.15) is 6.54 Å². The summed E-state index contributed by atoms with van der Waals surface area (Å²) >= 11 is 1.65. The van der Waals surface area contributed by atoms with Gasteiger partial charge < -0.3 is 10.1 Å². The summed E-state index contributed by atoms with van der Waals surface area (Å²) in [5.41, 5.74) is 3.46.